The van der Waals surface area contributed by atoms with Gasteiger partial charge in [-0.25, -0.2) is 4.98 Å². The van der Waals surface area contributed by atoms with Crippen LogP contribution in [-0.2, 0) is 20.7 Å². The number of carbonyl (C=O) groups excluding carboxylic acids is 2. The van der Waals surface area contributed by atoms with Crippen LogP contribution in [0.1, 0.15) is 47.3 Å². The molecule has 0 spiro atoms. The number of hydrogen-bond donors (Lipinski definition) is 3. The van der Waals surface area contributed by atoms with Gasteiger partial charge >= 0.3 is 5.97 Å². The first-order chi connectivity index (χ1) is 17.0. The minimum Gasteiger partial charge on any atom is -0.481 e. The summed E-state index contributed by atoms with van der Waals surface area (Å²) >= 11 is 1.39. The summed E-state index contributed by atoms with van der Waals surface area (Å²) in [5.41, 5.74) is 1.82. The Balaban J connectivity index is 0.000000540. The van der Waals surface area contributed by atoms with Crippen LogP contribution in [0.5, 0.6) is 0 Å². The van der Waals surface area contributed by atoms with Crippen LogP contribution < -0.4 is 10.6 Å². The fourth-order valence-corrected chi connectivity index (χ4v) is 4.44. The van der Waals surface area contributed by atoms with Gasteiger partial charge in [-0.15, -0.1) is 11.3 Å². The van der Waals surface area contributed by atoms with Crippen molar-refractivity contribution in [2.45, 2.75) is 39.0 Å². The first-order valence-electron chi connectivity index (χ1n) is 12.0. The largest absolute Gasteiger partial charge is 0.481 e. The molecule has 1 aromatic heterocycles. The molecule has 10 heteroatoms. The molecule has 3 rings (SSSR count). The number of aromatic nitrogens is 1. The van der Waals surface area contributed by atoms with Crippen molar-refractivity contribution in [3.63, 3.8) is 0 Å². The molecule has 0 atom stereocenters. The third kappa shape index (κ3) is 10.1. The highest BCUT2D eigenvalue weighted by atomic mass is 32.1. The fourth-order valence-electron chi connectivity index (χ4n) is 3.40. The van der Waals surface area contributed by atoms with E-state index in [0.29, 0.717) is 31.1 Å². The molecule has 1 fully saturated rings. The van der Waals surface area contributed by atoms with Crippen molar-refractivity contribution in [2.75, 3.05) is 46.4 Å². The number of nitrogens with one attached hydrogen (secondary N) is 2. The molecule has 1 saturated heterocycles. The molecule has 0 saturated carbocycles. The molecule has 0 unspecified atom stereocenters. The van der Waals surface area contributed by atoms with E-state index in [4.69, 9.17) is 9.84 Å². The lowest BCUT2D eigenvalue weighted by Gasteiger charge is -2.27. The van der Waals surface area contributed by atoms with Gasteiger partial charge in [-0.3, -0.25) is 14.4 Å². The van der Waals surface area contributed by atoms with Crippen LogP contribution in [0.15, 0.2) is 30.3 Å². The van der Waals surface area contributed by atoms with Gasteiger partial charge in [0, 0.05) is 56.8 Å². The van der Waals surface area contributed by atoms with E-state index in [2.05, 4.69) is 15.6 Å². The van der Waals surface area contributed by atoms with Crippen LogP contribution in [0.25, 0.3) is 11.3 Å². The van der Waals surface area contributed by atoms with Crippen molar-refractivity contribution in [2.24, 2.45) is 0 Å². The Hall–Kier alpha value is -2.82. The number of benzene rings is 1. The molecule has 192 valence electrons. The number of rotatable bonds is 11. The van der Waals surface area contributed by atoms with Gasteiger partial charge < -0.3 is 25.4 Å². The third-order valence-electron chi connectivity index (χ3n) is 5.31. The SMILES string of the molecule is CCCCC(=O)O.COCCCc1sc(C(=O)NCC(=O)N2CCNCC2)nc1-c1ccccc1. The smallest absolute Gasteiger partial charge is 0.303 e. The number of thiazole rings is 1. The van der Waals surface area contributed by atoms with E-state index in [1.54, 1.807) is 12.0 Å². The summed E-state index contributed by atoms with van der Waals surface area (Å²) in [5, 5.41) is 14.4. The second-order valence-electron chi connectivity index (χ2n) is 8.06. The number of methoxy groups -OCH3 is 1. The molecule has 1 aliphatic rings. The number of piperazine rings is 1. The Morgan fingerprint density at radius 3 is 2.49 bits per heavy atom. The van der Waals surface area contributed by atoms with Crippen LogP contribution >= 0.6 is 11.3 Å². The van der Waals surface area contributed by atoms with Crippen molar-refractivity contribution in [1.29, 1.82) is 0 Å². The molecule has 35 heavy (non-hydrogen) atoms. The second-order valence-corrected chi connectivity index (χ2v) is 9.15. The number of amides is 2. The summed E-state index contributed by atoms with van der Waals surface area (Å²) < 4.78 is 5.14. The molecule has 2 heterocycles. The molecule has 3 N–H and O–H groups in total. The Morgan fingerprint density at radius 2 is 1.89 bits per heavy atom. The third-order valence-corrected chi connectivity index (χ3v) is 6.42. The van der Waals surface area contributed by atoms with E-state index in [1.165, 1.54) is 11.3 Å². The average Bonchev–Trinajstić information content (AvgIpc) is 3.31. The molecule has 9 nitrogen and oxygen atoms in total. The van der Waals surface area contributed by atoms with Gasteiger partial charge in [-0.1, -0.05) is 43.7 Å². The zero-order chi connectivity index (χ0) is 25.5. The van der Waals surface area contributed by atoms with E-state index in [1.807, 2.05) is 37.3 Å². The summed E-state index contributed by atoms with van der Waals surface area (Å²) in [5.74, 6) is -1.06. The first kappa shape index (κ1) is 28.4. The quantitative estimate of drug-likeness (QED) is 0.402. The maximum Gasteiger partial charge on any atom is 0.303 e. The Morgan fingerprint density at radius 1 is 1.17 bits per heavy atom. The summed E-state index contributed by atoms with van der Waals surface area (Å²) in [6, 6.07) is 9.85. The maximum absolute atomic E-state index is 12.6. The van der Waals surface area contributed by atoms with E-state index in [0.717, 1.165) is 54.9 Å². The van der Waals surface area contributed by atoms with Crippen molar-refractivity contribution >= 4 is 29.1 Å². The van der Waals surface area contributed by atoms with E-state index < -0.39 is 5.97 Å². The maximum atomic E-state index is 12.6. The molecule has 2 amide bonds. The summed E-state index contributed by atoms with van der Waals surface area (Å²) in [6.45, 7) is 5.56. The van der Waals surface area contributed by atoms with Crippen molar-refractivity contribution in [3.8, 4) is 11.3 Å². The lowest BCUT2D eigenvalue weighted by atomic mass is 10.1. The van der Waals surface area contributed by atoms with Gasteiger partial charge in [0.15, 0.2) is 5.01 Å². The highest BCUT2D eigenvalue weighted by Crippen LogP contribution is 2.29. The standard InChI is InChI=1S/C20H26N4O3S.C5H10O2/c1-27-13-5-8-16-18(15-6-3-2-4-7-15)23-20(28-16)19(26)22-14-17(25)24-11-9-21-10-12-24;1-2-3-4-5(6)7/h2-4,6-7,21H,5,8-14H2,1H3,(H,22,26);2-4H2,1H3,(H,6,7). The lowest BCUT2D eigenvalue weighted by Crippen LogP contribution is -2.49. The molecule has 1 aliphatic heterocycles. The zero-order valence-electron chi connectivity index (χ0n) is 20.5. The molecular formula is C25H36N4O5S. The predicted molar refractivity (Wildman–Crippen MR) is 137 cm³/mol. The molecular weight excluding hydrogens is 468 g/mol. The minimum absolute atomic E-state index is 0.00189. The predicted octanol–water partition coefficient (Wildman–Crippen LogP) is 2.81. The molecule has 1 aromatic carbocycles. The normalized spacial score (nSPS) is 13.0. The monoisotopic (exact) mass is 504 g/mol. The molecule has 0 bridgehead atoms. The van der Waals surface area contributed by atoms with Gasteiger partial charge in [0.05, 0.1) is 12.2 Å². The van der Waals surface area contributed by atoms with Crippen LogP contribution in [0.3, 0.4) is 0 Å². The number of aryl methyl sites for hydroxylation is 1. The molecule has 2 aromatic rings. The van der Waals surface area contributed by atoms with E-state index in [-0.39, 0.29) is 18.4 Å². The number of nitrogens with zero attached hydrogens (tertiary/aromatic N) is 2. The number of carbonyl (C=O) groups is 3. The van der Waals surface area contributed by atoms with Crippen molar-refractivity contribution in [3.05, 3.63) is 40.2 Å². The summed E-state index contributed by atoms with van der Waals surface area (Å²) in [7, 11) is 1.68. The zero-order valence-corrected chi connectivity index (χ0v) is 21.4. The van der Waals surface area contributed by atoms with Gasteiger partial charge in [0.1, 0.15) is 0 Å². The lowest BCUT2D eigenvalue weighted by molar-refractivity contribution is -0.137. The summed E-state index contributed by atoms with van der Waals surface area (Å²) in [4.78, 5) is 42.0. The van der Waals surface area contributed by atoms with Crippen LogP contribution in [0, 0.1) is 0 Å². The number of ether oxygens (including phenoxy) is 1. The molecule has 0 aliphatic carbocycles. The van der Waals surface area contributed by atoms with Crippen LogP contribution in [0.2, 0.25) is 0 Å². The highest BCUT2D eigenvalue weighted by molar-refractivity contribution is 7.14. The topological polar surface area (TPSA) is 121 Å². The Labute approximate surface area is 210 Å². The van der Waals surface area contributed by atoms with Crippen LogP contribution in [0.4, 0.5) is 0 Å². The van der Waals surface area contributed by atoms with Gasteiger partial charge in [0.25, 0.3) is 5.91 Å². The van der Waals surface area contributed by atoms with E-state index >= 15 is 0 Å². The van der Waals surface area contributed by atoms with E-state index in [9.17, 15) is 14.4 Å². The van der Waals surface area contributed by atoms with Gasteiger partial charge in [-0.05, 0) is 19.3 Å². The van der Waals surface area contributed by atoms with Crippen LogP contribution in [-0.4, -0.2) is 79.2 Å². The van der Waals surface area contributed by atoms with Gasteiger partial charge in [0.2, 0.25) is 5.91 Å². The highest BCUT2D eigenvalue weighted by Gasteiger charge is 2.20. The van der Waals surface area contributed by atoms with Gasteiger partial charge in [-0.2, -0.15) is 0 Å². The second kappa shape index (κ2) is 16.0. The minimum atomic E-state index is -0.693. The average molecular weight is 505 g/mol. The number of hydrogen-bond acceptors (Lipinski definition) is 7. The number of aliphatic carboxylic acids is 1. The Bertz CT molecular complexity index is 929. The number of unbranched alkanes of at least 4 members (excludes halogenated alkanes) is 1. The number of carboxylic acid groups (broad SMARTS) is 1. The fraction of sp³-hybridized carbons (Fsp3) is 0.520. The Kier molecular flexibility index (Phi) is 13.0. The number of carboxylic acids is 1. The molecule has 0 radical (unpaired) electrons. The summed E-state index contributed by atoms with van der Waals surface area (Å²) in [6.07, 6.45) is 3.74. The van der Waals surface area contributed by atoms with Crippen molar-refractivity contribution < 1.29 is 24.2 Å². The van der Waals surface area contributed by atoms with Crippen molar-refractivity contribution in [1.82, 2.24) is 20.5 Å². The first-order valence-corrected chi connectivity index (χ1v) is 12.8.